The Morgan fingerprint density at radius 3 is 2.58 bits per heavy atom. The Bertz CT molecular complexity index is 175. The summed E-state index contributed by atoms with van der Waals surface area (Å²) in [5.41, 5.74) is 0. The summed E-state index contributed by atoms with van der Waals surface area (Å²) in [4.78, 5) is 0. The molecule has 0 amide bonds. The van der Waals surface area contributed by atoms with Crippen LogP contribution in [0.15, 0.2) is 12.3 Å². The number of rotatable bonds is 2. The highest BCUT2D eigenvalue weighted by molar-refractivity contribution is 6.75. The first-order valence-corrected chi connectivity index (χ1v) is 8.15. The lowest BCUT2D eigenvalue weighted by Gasteiger charge is -2.28. The molecule has 0 radical (unpaired) electrons. The van der Waals surface area contributed by atoms with Crippen LogP contribution < -0.4 is 0 Å². The van der Waals surface area contributed by atoms with Crippen LogP contribution in [-0.4, -0.2) is 19.3 Å². The molecule has 0 bridgehead atoms. The van der Waals surface area contributed by atoms with E-state index in [-0.39, 0.29) is 0 Å². The molecular formula is C10H21NSi. The van der Waals surface area contributed by atoms with Crippen LogP contribution in [0.2, 0.25) is 19.1 Å². The molecule has 2 heteroatoms. The van der Waals surface area contributed by atoms with Gasteiger partial charge in [0.05, 0.1) is 0 Å². The lowest BCUT2D eigenvalue weighted by Crippen LogP contribution is -2.38. The maximum Gasteiger partial charge on any atom is 0.150 e. The molecule has 1 rings (SSSR count). The predicted octanol–water partition coefficient (Wildman–Crippen LogP) is 3.07. The summed E-state index contributed by atoms with van der Waals surface area (Å²) in [5, 5.41) is 0. The number of allylic oxidation sites excluding steroid dienone is 1. The molecule has 70 valence electrons. The van der Waals surface area contributed by atoms with Crippen molar-refractivity contribution < 1.29 is 0 Å². The third kappa shape index (κ3) is 2.13. The zero-order valence-corrected chi connectivity index (χ0v) is 9.80. The van der Waals surface area contributed by atoms with Crippen LogP contribution in [0.5, 0.6) is 0 Å². The monoisotopic (exact) mass is 183 g/mol. The fraction of sp³-hybridized carbons (Fsp3) is 0.800. The van der Waals surface area contributed by atoms with Gasteiger partial charge in [-0.25, -0.2) is 0 Å². The molecule has 12 heavy (non-hydrogen) atoms. The first-order chi connectivity index (χ1) is 5.56. The number of nitrogens with zero attached hydrogens (tertiary/aromatic N) is 1. The summed E-state index contributed by atoms with van der Waals surface area (Å²) in [6.45, 7) is 10.8. The van der Waals surface area contributed by atoms with E-state index in [9.17, 15) is 0 Å². The zero-order valence-electron chi connectivity index (χ0n) is 8.80. The van der Waals surface area contributed by atoms with Crippen molar-refractivity contribution in [3.8, 4) is 0 Å². The molecule has 1 heterocycles. The summed E-state index contributed by atoms with van der Waals surface area (Å²) < 4.78 is 2.61. The molecule has 0 aromatic carbocycles. The molecule has 1 aliphatic heterocycles. The van der Waals surface area contributed by atoms with Crippen molar-refractivity contribution in [2.75, 3.05) is 6.54 Å². The van der Waals surface area contributed by atoms with Gasteiger partial charge in [0.1, 0.15) is 8.24 Å². The van der Waals surface area contributed by atoms with Crippen molar-refractivity contribution >= 4 is 8.24 Å². The normalized spacial score (nSPS) is 28.7. The van der Waals surface area contributed by atoms with E-state index in [0.29, 0.717) is 0 Å². The van der Waals surface area contributed by atoms with Crippen LogP contribution in [0.25, 0.3) is 0 Å². The van der Waals surface area contributed by atoms with Crippen LogP contribution >= 0.6 is 0 Å². The largest absolute Gasteiger partial charge is 0.403 e. The topological polar surface area (TPSA) is 3.24 Å². The predicted molar refractivity (Wildman–Crippen MR) is 57.6 cm³/mol. The summed E-state index contributed by atoms with van der Waals surface area (Å²) >= 11 is 0. The quantitative estimate of drug-likeness (QED) is 0.595. The minimum absolute atomic E-state index is 0.910. The van der Waals surface area contributed by atoms with Crippen LogP contribution in [0, 0.1) is 5.92 Å². The van der Waals surface area contributed by atoms with Crippen LogP contribution in [0.1, 0.15) is 20.3 Å². The highest BCUT2D eigenvalue weighted by Crippen LogP contribution is 2.30. The van der Waals surface area contributed by atoms with E-state index in [4.69, 9.17) is 0 Å². The van der Waals surface area contributed by atoms with Crippen LogP contribution in [0.3, 0.4) is 0 Å². The van der Waals surface area contributed by atoms with Crippen molar-refractivity contribution in [2.45, 2.75) is 39.4 Å². The van der Waals surface area contributed by atoms with Gasteiger partial charge >= 0.3 is 0 Å². The molecule has 1 nitrogen and oxygen atoms in total. The molecule has 1 saturated heterocycles. The number of hydrogen-bond acceptors (Lipinski definition) is 1. The molecule has 1 unspecified atom stereocenters. The van der Waals surface area contributed by atoms with Crippen LogP contribution in [0.4, 0.5) is 0 Å². The maximum atomic E-state index is 2.61. The second-order valence-corrected chi connectivity index (χ2v) is 9.17. The Morgan fingerprint density at radius 1 is 1.50 bits per heavy atom. The summed E-state index contributed by atoms with van der Waals surface area (Å²) in [6, 6.07) is 1.46. The van der Waals surface area contributed by atoms with Gasteiger partial charge in [-0.15, -0.1) is 0 Å². The van der Waals surface area contributed by atoms with Gasteiger partial charge in [-0.05, 0) is 24.6 Å². The van der Waals surface area contributed by atoms with Gasteiger partial charge < -0.3 is 4.57 Å². The van der Waals surface area contributed by atoms with Gasteiger partial charge in [0, 0.05) is 6.54 Å². The third-order valence-electron chi connectivity index (χ3n) is 2.65. The molecule has 1 aliphatic rings. The molecule has 0 aromatic rings. The van der Waals surface area contributed by atoms with Crippen molar-refractivity contribution in [2.24, 2.45) is 5.92 Å². The molecule has 0 saturated carbocycles. The third-order valence-corrected chi connectivity index (χ3v) is 6.24. The van der Waals surface area contributed by atoms with Gasteiger partial charge in [-0.2, -0.15) is 0 Å². The lowest BCUT2D eigenvalue weighted by molar-refractivity contribution is 0.525. The molecule has 1 fully saturated rings. The average molecular weight is 183 g/mol. The Kier molecular flexibility index (Phi) is 2.99. The van der Waals surface area contributed by atoms with E-state index in [2.05, 4.69) is 43.8 Å². The Morgan fingerprint density at radius 2 is 2.17 bits per heavy atom. The van der Waals surface area contributed by atoms with Crippen molar-refractivity contribution in [3.05, 3.63) is 12.3 Å². The Labute approximate surface area is 77.5 Å². The smallest absolute Gasteiger partial charge is 0.150 e. The second kappa shape index (κ2) is 3.65. The average Bonchev–Trinajstić information content (AvgIpc) is 2.20. The molecule has 0 aromatic heterocycles. The second-order valence-electron chi connectivity index (χ2n) is 4.57. The Balaban J connectivity index is 2.59. The van der Waals surface area contributed by atoms with Crippen molar-refractivity contribution in [1.29, 1.82) is 0 Å². The lowest BCUT2D eigenvalue weighted by atomic mass is 10.2. The molecule has 0 spiro atoms. The first kappa shape index (κ1) is 9.84. The minimum atomic E-state index is -1.02. The van der Waals surface area contributed by atoms with E-state index < -0.39 is 8.24 Å². The van der Waals surface area contributed by atoms with Gasteiger partial charge in [0.15, 0.2) is 0 Å². The van der Waals surface area contributed by atoms with Crippen molar-refractivity contribution in [1.82, 2.24) is 4.57 Å². The molecule has 0 N–H and O–H groups in total. The highest BCUT2D eigenvalue weighted by atomic mass is 28.3. The highest BCUT2D eigenvalue weighted by Gasteiger charge is 2.36. The van der Waals surface area contributed by atoms with E-state index in [1.54, 1.807) is 0 Å². The minimum Gasteiger partial charge on any atom is -0.403 e. The fourth-order valence-electron chi connectivity index (χ4n) is 2.11. The fourth-order valence-corrected chi connectivity index (χ4v) is 5.50. The van der Waals surface area contributed by atoms with E-state index in [1.807, 2.05) is 0 Å². The summed E-state index contributed by atoms with van der Waals surface area (Å²) in [7, 11) is -1.02. The summed E-state index contributed by atoms with van der Waals surface area (Å²) in [5.74, 6) is 0.910. The van der Waals surface area contributed by atoms with E-state index >= 15 is 0 Å². The van der Waals surface area contributed by atoms with Crippen molar-refractivity contribution in [3.63, 3.8) is 0 Å². The SMILES string of the molecule is CC/C=C/N1CC(C)C[Si]1(C)C. The zero-order chi connectivity index (χ0) is 9.19. The molecule has 0 aliphatic carbocycles. The molecular weight excluding hydrogens is 162 g/mol. The van der Waals surface area contributed by atoms with Crippen LogP contribution in [-0.2, 0) is 0 Å². The van der Waals surface area contributed by atoms with Gasteiger partial charge in [-0.3, -0.25) is 0 Å². The standard InChI is InChI=1S/C10H21NSi/c1-5-6-7-11-8-10(2)9-12(11,3)4/h6-7,10H,5,8-9H2,1-4H3/b7-6+. The van der Waals surface area contributed by atoms with Gasteiger partial charge in [0.2, 0.25) is 0 Å². The van der Waals surface area contributed by atoms with E-state index in [1.165, 1.54) is 12.6 Å². The van der Waals surface area contributed by atoms with E-state index in [0.717, 1.165) is 12.3 Å². The molecule has 1 atom stereocenters. The van der Waals surface area contributed by atoms with Gasteiger partial charge in [0.25, 0.3) is 0 Å². The van der Waals surface area contributed by atoms with Gasteiger partial charge in [-0.1, -0.05) is 33.0 Å². The summed E-state index contributed by atoms with van der Waals surface area (Å²) in [6.07, 6.45) is 5.78. The first-order valence-electron chi connectivity index (χ1n) is 4.99. The maximum absolute atomic E-state index is 2.61. The Hall–Kier alpha value is -0.243. The number of hydrogen-bond donors (Lipinski definition) is 0.